The van der Waals surface area contributed by atoms with Crippen LogP contribution in [0.3, 0.4) is 0 Å². The molecule has 1 aliphatic rings. The second-order valence-electron chi connectivity index (χ2n) is 4.49. The van der Waals surface area contributed by atoms with Crippen molar-refractivity contribution in [2.75, 3.05) is 19.8 Å². The Hall–Kier alpha value is -2.26. The molecular weight excluding hydrogens is 294 g/mol. The number of hydrogen-bond donors (Lipinski definition) is 2. The lowest BCUT2D eigenvalue weighted by atomic mass is 10.2. The van der Waals surface area contributed by atoms with Gasteiger partial charge in [-0.15, -0.1) is 0 Å². The summed E-state index contributed by atoms with van der Waals surface area (Å²) >= 11 is 0. The van der Waals surface area contributed by atoms with Gasteiger partial charge in [0.1, 0.15) is 12.6 Å². The van der Waals surface area contributed by atoms with Crippen molar-refractivity contribution in [2.45, 2.75) is 26.1 Å². The molecule has 2 unspecified atom stereocenters. The van der Waals surface area contributed by atoms with Gasteiger partial charge < -0.3 is 20.5 Å². The number of primary amides is 1. The molecule has 0 spiro atoms. The molecule has 0 radical (unpaired) electrons. The predicted molar refractivity (Wildman–Crippen MR) is 74.0 cm³/mol. The first kappa shape index (κ1) is 17.8. The van der Waals surface area contributed by atoms with E-state index in [4.69, 9.17) is 15.2 Å². The van der Waals surface area contributed by atoms with E-state index in [1.54, 1.807) is 6.92 Å². The van der Waals surface area contributed by atoms with E-state index in [0.29, 0.717) is 6.61 Å². The summed E-state index contributed by atoms with van der Waals surface area (Å²) in [6.07, 6.45) is 1.38. The zero-order valence-corrected chi connectivity index (χ0v) is 12.4. The molecule has 0 saturated carbocycles. The summed E-state index contributed by atoms with van der Waals surface area (Å²) in [4.78, 5) is 46.6. The standard InChI is InChI=1S/C13H19N3O6/c1-3-22-10(7-21-6-9(14)17)15-13(20)8(2)16-11(18)4-5-12(16)19/h4-5,8,10H,3,6-7H2,1-2H3,(H2,14,17)(H,15,20). The Balaban J connectivity index is 2.56. The number of nitrogens with zero attached hydrogens (tertiary/aromatic N) is 1. The first-order valence-corrected chi connectivity index (χ1v) is 6.70. The third-order valence-electron chi connectivity index (χ3n) is 2.79. The molecule has 0 aromatic heterocycles. The van der Waals surface area contributed by atoms with E-state index < -0.39 is 35.9 Å². The second-order valence-corrected chi connectivity index (χ2v) is 4.49. The van der Waals surface area contributed by atoms with Crippen LogP contribution in [-0.2, 0) is 28.7 Å². The Bertz CT molecular complexity index is 472. The Morgan fingerprint density at radius 2 is 1.91 bits per heavy atom. The average Bonchev–Trinajstić information content (AvgIpc) is 2.77. The van der Waals surface area contributed by atoms with Gasteiger partial charge in [0, 0.05) is 18.8 Å². The topological polar surface area (TPSA) is 128 Å². The third-order valence-corrected chi connectivity index (χ3v) is 2.79. The van der Waals surface area contributed by atoms with Crippen molar-refractivity contribution in [1.29, 1.82) is 0 Å². The molecule has 4 amide bonds. The summed E-state index contributed by atoms with van der Waals surface area (Å²) in [5.41, 5.74) is 4.93. The molecule has 9 nitrogen and oxygen atoms in total. The van der Waals surface area contributed by atoms with Crippen LogP contribution in [-0.4, -0.2) is 60.6 Å². The second kappa shape index (κ2) is 8.25. The van der Waals surface area contributed by atoms with E-state index in [-0.39, 0.29) is 13.2 Å². The quantitative estimate of drug-likeness (QED) is 0.385. The Labute approximate surface area is 127 Å². The molecule has 0 bridgehead atoms. The third kappa shape index (κ3) is 4.93. The van der Waals surface area contributed by atoms with Crippen molar-refractivity contribution < 1.29 is 28.7 Å². The SMILES string of the molecule is CCOC(COCC(N)=O)NC(=O)C(C)N1C(=O)C=CC1=O. The van der Waals surface area contributed by atoms with Crippen LogP contribution in [0.4, 0.5) is 0 Å². The molecule has 0 saturated heterocycles. The Kier molecular flexibility index (Phi) is 6.67. The van der Waals surface area contributed by atoms with E-state index in [1.165, 1.54) is 6.92 Å². The van der Waals surface area contributed by atoms with E-state index in [1.807, 2.05) is 0 Å². The van der Waals surface area contributed by atoms with Crippen molar-refractivity contribution in [3.8, 4) is 0 Å². The number of carbonyl (C=O) groups is 4. The van der Waals surface area contributed by atoms with Gasteiger partial charge in [-0.3, -0.25) is 24.1 Å². The summed E-state index contributed by atoms with van der Waals surface area (Å²) < 4.78 is 10.2. The van der Waals surface area contributed by atoms with Crippen LogP contribution in [0.2, 0.25) is 0 Å². The molecule has 1 rings (SSSR count). The van der Waals surface area contributed by atoms with Gasteiger partial charge in [0.15, 0.2) is 6.23 Å². The van der Waals surface area contributed by atoms with Crippen molar-refractivity contribution in [3.05, 3.63) is 12.2 Å². The van der Waals surface area contributed by atoms with Crippen LogP contribution in [0, 0.1) is 0 Å². The summed E-state index contributed by atoms with van der Waals surface area (Å²) in [5, 5.41) is 2.50. The maximum atomic E-state index is 12.1. The number of ether oxygens (including phenoxy) is 2. The number of imide groups is 1. The number of amides is 4. The predicted octanol–water partition coefficient (Wildman–Crippen LogP) is -1.72. The maximum absolute atomic E-state index is 12.1. The zero-order valence-electron chi connectivity index (χ0n) is 12.4. The van der Waals surface area contributed by atoms with Gasteiger partial charge in [0.05, 0.1) is 6.61 Å². The molecule has 122 valence electrons. The van der Waals surface area contributed by atoms with Crippen LogP contribution in [0.15, 0.2) is 12.2 Å². The number of hydrogen-bond acceptors (Lipinski definition) is 6. The molecule has 3 N–H and O–H groups in total. The van der Waals surface area contributed by atoms with Crippen molar-refractivity contribution in [1.82, 2.24) is 10.2 Å². The van der Waals surface area contributed by atoms with Crippen molar-refractivity contribution >= 4 is 23.6 Å². The molecule has 2 atom stereocenters. The number of carbonyl (C=O) groups excluding carboxylic acids is 4. The molecular formula is C13H19N3O6. The van der Waals surface area contributed by atoms with Gasteiger partial charge in [-0.1, -0.05) is 0 Å². The van der Waals surface area contributed by atoms with E-state index in [2.05, 4.69) is 5.32 Å². The average molecular weight is 313 g/mol. The maximum Gasteiger partial charge on any atom is 0.254 e. The number of rotatable bonds is 9. The first-order valence-electron chi connectivity index (χ1n) is 6.70. The Morgan fingerprint density at radius 3 is 2.41 bits per heavy atom. The normalized spacial score (nSPS) is 16.7. The molecule has 9 heteroatoms. The largest absolute Gasteiger partial charge is 0.368 e. The van der Waals surface area contributed by atoms with Gasteiger partial charge in [-0.25, -0.2) is 0 Å². The molecule has 0 aromatic rings. The fourth-order valence-corrected chi connectivity index (χ4v) is 1.79. The van der Waals surface area contributed by atoms with Gasteiger partial charge in [-0.05, 0) is 13.8 Å². The van der Waals surface area contributed by atoms with Crippen molar-refractivity contribution in [3.63, 3.8) is 0 Å². The lowest BCUT2D eigenvalue weighted by Crippen LogP contribution is -2.52. The van der Waals surface area contributed by atoms with Crippen LogP contribution in [0.5, 0.6) is 0 Å². The highest BCUT2D eigenvalue weighted by molar-refractivity contribution is 6.15. The van der Waals surface area contributed by atoms with Crippen LogP contribution in [0.1, 0.15) is 13.8 Å². The minimum absolute atomic E-state index is 0.0879. The lowest BCUT2D eigenvalue weighted by Gasteiger charge is -2.25. The summed E-state index contributed by atoms with van der Waals surface area (Å²) in [5.74, 6) is -2.32. The molecule has 22 heavy (non-hydrogen) atoms. The van der Waals surface area contributed by atoms with Gasteiger partial charge in [0.25, 0.3) is 11.8 Å². The van der Waals surface area contributed by atoms with Crippen LogP contribution in [0.25, 0.3) is 0 Å². The molecule has 1 aliphatic heterocycles. The van der Waals surface area contributed by atoms with Crippen LogP contribution >= 0.6 is 0 Å². The smallest absolute Gasteiger partial charge is 0.254 e. The summed E-state index contributed by atoms with van der Waals surface area (Å²) in [6, 6.07) is -0.992. The highest BCUT2D eigenvalue weighted by atomic mass is 16.5. The van der Waals surface area contributed by atoms with Gasteiger partial charge >= 0.3 is 0 Å². The van der Waals surface area contributed by atoms with Gasteiger partial charge in [0.2, 0.25) is 11.8 Å². The monoisotopic (exact) mass is 313 g/mol. The minimum Gasteiger partial charge on any atom is -0.368 e. The lowest BCUT2D eigenvalue weighted by molar-refractivity contribution is -0.147. The highest BCUT2D eigenvalue weighted by Gasteiger charge is 2.33. The summed E-state index contributed by atoms with van der Waals surface area (Å²) in [6.45, 7) is 3.04. The molecule has 1 heterocycles. The Morgan fingerprint density at radius 1 is 1.32 bits per heavy atom. The molecule has 0 fully saturated rings. The van der Waals surface area contributed by atoms with E-state index in [0.717, 1.165) is 17.1 Å². The first-order chi connectivity index (χ1) is 10.4. The van der Waals surface area contributed by atoms with Gasteiger partial charge in [-0.2, -0.15) is 0 Å². The fraction of sp³-hybridized carbons (Fsp3) is 0.538. The highest BCUT2D eigenvalue weighted by Crippen LogP contribution is 2.09. The minimum atomic E-state index is -0.992. The zero-order chi connectivity index (χ0) is 16.7. The fourth-order valence-electron chi connectivity index (χ4n) is 1.79. The summed E-state index contributed by atoms with van der Waals surface area (Å²) in [7, 11) is 0. The number of nitrogens with one attached hydrogen (secondary N) is 1. The van der Waals surface area contributed by atoms with Crippen molar-refractivity contribution in [2.24, 2.45) is 5.73 Å². The van der Waals surface area contributed by atoms with E-state index >= 15 is 0 Å². The number of nitrogens with two attached hydrogens (primary N) is 1. The molecule has 0 aromatic carbocycles. The van der Waals surface area contributed by atoms with E-state index in [9.17, 15) is 19.2 Å². The molecule has 0 aliphatic carbocycles. The van der Waals surface area contributed by atoms with Crippen LogP contribution < -0.4 is 11.1 Å².